The highest BCUT2D eigenvalue weighted by molar-refractivity contribution is 6.01. The van der Waals surface area contributed by atoms with Gasteiger partial charge in [0.05, 0.1) is 6.54 Å². The Kier molecular flexibility index (Phi) is 8.69. The molecule has 1 heterocycles. The second-order valence-corrected chi connectivity index (χ2v) is 12.4. The molecule has 36 heavy (non-hydrogen) atoms. The molecule has 0 spiro atoms. The highest BCUT2D eigenvalue weighted by Gasteiger charge is 2.38. The number of Topliss-reactive ketones (excluding diaryl/α,β-unsaturated/α-hetero) is 1. The maximum absolute atomic E-state index is 13.8. The third-order valence-corrected chi connectivity index (χ3v) is 7.34. The molecule has 1 N–H and O–H groups in total. The van der Waals surface area contributed by atoms with Crippen LogP contribution < -0.4 is 0 Å². The van der Waals surface area contributed by atoms with Crippen LogP contribution in [-0.4, -0.2) is 41.3 Å². The summed E-state index contributed by atoms with van der Waals surface area (Å²) in [5.74, 6) is 2.30. The average molecular weight is 491 g/mol. The van der Waals surface area contributed by atoms with Crippen LogP contribution >= 0.6 is 0 Å². The van der Waals surface area contributed by atoms with Crippen LogP contribution in [0.2, 0.25) is 0 Å². The zero-order valence-electron chi connectivity index (χ0n) is 23.7. The predicted octanol–water partition coefficient (Wildman–Crippen LogP) is 7.18. The molecule has 2 aromatic carbocycles. The van der Waals surface area contributed by atoms with Gasteiger partial charge in [0.15, 0.2) is 5.78 Å². The van der Waals surface area contributed by atoms with Gasteiger partial charge >= 0.3 is 0 Å². The van der Waals surface area contributed by atoms with Gasteiger partial charge in [-0.05, 0) is 54.2 Å². The molecule has 3 rings (SSSR count). The number of ketones is 1. The largest absolute Gasteiger partial charge is 0.507 e. The standard InChI is InChI=1S/C32H46N2O2/c1-9-14-23-20-34(30(33-10-2)25(23)17-22-15-12-11-13-16-22)21-28(35)24-18-26(31(3,4)5)29(36)27(19-24)32(6,7)8/h11-13,15-16,18-19,23,25,36H,9-10,14,17,20-21H2,1-8H3. The van der Waals surface area contributed by atoms with Crippen LogP contribution in [0.25, 0.3) is 0 Å². The van der Waals surface area contributed by atoms with E-state index in [4.69, 9.17) is 4.99 Å². The van der Waals surface area contributed by atoms with Gasteiger partial charge in [-0.15, -0.1) is 0 Å². The lowest BCUT2D eigenvalue weighted by molar-refractivity contribution is 0.0963. The van der Waals surface area contributed by atoms with Crippen LogP contribution in [0.15, 0.2) is 47.5 Å². The fourth-order valence-corrected chi connectivity index (χ4v) is 5.47. The molecule has 0 amide bonds. The van der Waals surface area contributed by atoms with E-state index in [-0.39, 0.29) is 16.6 Å². The number of aromatic hydroxyl groups is 1. The van der Waals surface area contributed by atoms with Crippen molar-refractivity contribution < 1.29 is 9.90 Å². The summed E-state index contributed by atoms with van der Waals surface area (Å²) in [6.45, 7) is 18.7. The summed E-state index contributed by atoms with van der Waals surface area (Å²) < 4.78 is 0. The fourth-order valence-electron chi connectivity index (χ4n) is 5.47. The van der Waals surface area contributed by atoms with Crippen LogP contribution in [0.1, 0.15) is 95.3 Å². The molecule has 4 heteroatoms. The average Bonchev–Trinajstić information content (AvgIpc) is 3.09. The number of rotatable bonds is 8. The second-order valence-electron chi connectivity index (χ2n) is 12.4. The summed E-state index contributed by atoms with van der Waals surface area (Å²) in [7, 11) is 0. The first kappa shape index (κ1) is 28.0. The van der Waals surface area contributed by atoms with Crippen LogP contribution in [0.5, 0.6) is 5.75 Å². The monoisotopic (exact) mass is 490 g/mol. The molecular formula is C32H46N2O2. The minimum absolute atomic E-state index is 0.0883. The topological polar surface area (TPSA) is 52.9 Å². The number of hydrogen-bond acceptors (Lipinski definition) is 3. The second kappa shape index (κ2) is 11.2. The Morgan fingerprint density at radius 2 is 1.58 bits per heavy atom. The molecular weight excluding hydrogens is 444 g/mol. The highest BCUT2D eigenvalue weighted by atomic mass is 16.3. The molecule has 0 aromatic heterocycles. The number of carbonyl (C=O) groups is 1. The number of phenols is 1. The molecule has 0 saturated carbocycles. The van der Waals surface area contributed by atoms with Gasteiger partial charge in [-0.3, -0.25) is 9.79 Å². The summed E-state index contributed by atoms with van der Waals surface area (Å²) in [5, 5.41) is 11.1. The maximum Gasteiger partial charge on any atom is 0.182 e. The number of likely N-dealkylation sites (tertiary alicyclic amines) is 1. The van der Waals surface area contributed by atoms with Gasteiger partial charge < -0.3 is 10.0 Å². The fraction of sp³-hybridized carbons (Fsp3) is 0.562. The van der Waals surface area contributed by atoms with E-state index in [2.05, 4.69) is 90.6 Å². The van der Waals surface area contributed by atoms with Gasteiger partial charge in [0, 0.05) is 35.7 Å². The molecule has 4 nitrogen and oxygen atoms in total. The molecule has 0 radical (unpaired) electrons. The number of carbonyl (C=O) groups excluding carboxylic acids is 1. The van der Waals surface area contributed by atoms with E-state index >= 15 is 0 Å². The Hall–Kier alpha value is -2.62. The van der Waals surface area contributed by atoms with E-state index in [0.29, 0.717) is 36.2 Å². The van der Waals surface area contributed by atoms with E-state index < -0.39 is 0 Å². The molecule has 0 bridgehead atoms. The zero-order valence-corrected chi connectivity index (χ0v) is 23.7. The summed E-state index contributed by atoms with van der Waals surface area (Å²) in [6, 6.07) is 14.5. The van der Waals surface area contributed by atoms with Crippen molar-refractivity contribution in [3.63, 3.8) is 0 Å². The van der Waals surface area contributed by atoms with Gasteiger partial charge in [0.1, 0.15) is 11.6 Å². The SMILES string of the molecule is CCCC1CN(CC(=O)c2cc(C(C)(C)C)c(O)c(C(C)(C)C)c2)C(=NCC)C1Cc1ccccc1. The lowest BCUT2D eigenvalue weighted by Crippen LogP contribution is -2.34. The summed E-state index contributed by atoms with van der Waals surface area (Å²) in [5.41, 5.74) is 3.12. The molecule has 1 saturated heterocycles. The first-order chi connectivity index (χ1) is 16.9. The molecule has 2 atom stereocenters. The Balaban J connectivity index is 1.95. The molecule has 0 aliphatic carbocycles. The Labute approximate surface area is 218 Å². The minimum Gasteiger partial charge on any atom is -0.507 e. The lowest BCUT2D eigenvalue weighted by Gasteiger charge is -2.28. The maximum atomic E-state index is 13.8. The van der Waals surface area contributed by atoms with Gasteiger partial charge in [-0.25, -0.2) is 0 Å². The normalized spacial score (nSPS) is 19.8. The quantitative estimate of drug-likeness (QED) is 0.399. The predicted molar refractivity (Wildman–Crippen MR) is 151 cm³/mol. The van der Waals surface area contributed by atoms with Gasteiger partial charge in [0.25, 0.3) is 0 Å². The first-order valence-corrected chi connectivity index (χ1v) is 13.6. The van der Waals surface area contributed by atoms with Crippen molar-refractivity contribution in [2.75, 3.05) is 19.6 Å². The Bertz CT molecular complexity index is 1040. The van der Waals surface area contributed by atoms with E-state index in [1.807, 2.05) is 12.1 Å². The van der Waals surface area contributed by atoms with Gasteiger partial charge in [0.2, 0.25) is 0 Å². The molecule has 196 valence electrons. The van der Waals surface area contributed by atoms with Crippen LogP contribution in [0, 0.1) is 11.8 Å². The summed E-state index contributed by atoms with van der Waals surface area (Å²) in [4.78, 5) is 20.9. The van der Waals surface area contributed by atoms with Crippen molar-refractivity contribution in [3.05, 3.63) is 64.7 Å². The van der Waals surface area contributed by atoms with E-state index in [9.17, 15) is 9.90 Å². The number of nitrogens with zero attached hydrogens (tertiary/aromatic N) is 2. The zero-order chi connectivity index (χ0) is 26.7. The van der Waals surface area contributed by atoms with Crippen molar-refractivity contribution >= 4 is 11.6 Å². The van der Waals surface area contributed by atoms with E-state index in [0.717, 1.165) is 42.8 Å². The molecule has 1 fully saturated rings. The van der Waals surface area contributed by atoms with Crippen molar-refractivity contribution in [2.24, 2.45) is 16.8 Å². The van der Waals surface area contributed by atoms with Crippen molar-refractivity contribution in [1.82, 2.24) is 4.90 Å². The Morgan fingerprint density at radius 3 is 2.08 bits per heavy atom. The van der Waals surface area contributed by atoms with Crippen molar-refractivity contribution in [3.8, 4) is 5.75 Å². The molecule has 2 unspecified atom stereocenters. The third kappa shape index (κ3) is 6.38. The van der Waals surface area contributed by atoms with Crippen LogP contribution in [0.4, 0.5) is 0 Å². The third-order valence-electron chi connectivity index (χ3n) is 7.34. The Morgan fingerprint density at radius 1 is 1.00 bits per heavy atom. The number of amidine groups is 1. The number of benzene rings is 2. The van der Waals surface area contributed by atoms with Crippen LogP contribution in [0.3, 0.4) is 0 Å². The minimum atomic E-state index is -0.268. The van der Waals surface area contributed by atoms with E-state index in [1.165, 1.54) is 5.56 Å². The smallest absolute Gasteiger partial charge is 0.182 e. The summed E-state index contributed by atoms with van der Waals surface area (Å²) >= 11 is 0. The van der Waals surface area contributed by atoms with Gasteiger partial charge in [-0.1, -0.05) is 85.2 Å². The number of hydrogen-bond donors (Lipinski definition) is 1. The summed E-state index contributed by atoms with van der Waals surface area (Å²) in [6.07, 6.45) is 3.21. The number of phenolic OH excluding ortho intramolecular Hbond substituents is 1. The van der Waals surface area contributed by atoms with Crippen molar-refractivity contribution in [2.45, 2.75) is 85.5 Å². The molecule has 1 aliphatic rings. The molecule has 1 aliphatic heterocycles. The van der Waals surface area contributed by atoms with Gasteiger partial charge in [-0.2, -0.15) is 0 Å². The van der Waals surface area contributed by atoms with E-state index in [1.54, 1.807) is 0 Å². The van der Waals surface area contributed by atoms with Crippen molar-refractivity contribution in [1.29, 1.82) is 0 Å². The first-order valence-electron chi connectivity index (χ1n) is 13.6. The molecule has 2 aromatic rings. The lowest BCUT2D eigenvalue weighted by atomic mass is 9.78. The highest BCUT2D eigenvalue weighted by Crippen LogP contribution is 2.40. The number of aliphatic imine (C=N–C) groups is 1. The van der Waals surface area contributed by atoms with Crippen LogP contribution in [-0.2, 0) is 17.3 Å².